The van der Waals surface area contributed by atoms with E-state index in [-0.39, 0.29) is 11.7 Å². The number of nitrogens with zero attached hydrogens (tertiary/aromatic N) is 2. The molecule has 1 atom stereocenters. The molecule has 1 aromatic heterocycles. The summed E-state index contributed by atoms with van der Waals surface area (Å²) in [4.78, 5) is 15.9. The zero-order chi connectivity index (χ0) is 13.7. The number of imidazole rings is 1. The molecule has 1 heterocycles. The van der Waals surface area contributed by atoms with Crippen LogP contribution in [0.3, 0.4) is 0 Å². The Morgan fingerprint density at radius 1 is 1.50 bits per heavy atom. The highest BCUT2D eigenvalue weighted by molar-refractivity contribution is 5.92. The third-order valence-electron chi connectivity index (χ3n) is 3.13. The standard InChI is InChI=1S/C13H23N3O2/c1-5-7-8-9(3)16-10(6-2)15-11(12(16)14)13(17)18-4/h9H,5-8,14H2,1-4H3. The number of anilines is 1. The molecule has 0 bridgehead atoms. The molecule has 5 nitrogen and oxygen atoms in total. The molecule has 0 aromatic carbocycles. The minimum Gasteiger partial charge on any atom is -0.464 e. The highest BCUT2D eigenvalue weighted by Gasteiger charge is 2.22. The van der Waals surface area contributed by atoms with Crippen molar-refractivity contribution in [1.82, 2.24) is 9.55 Å². The molecule has 2 N–H and O–H groups in total. The first-order valence-electron chi connectivity index (χ1n) is 6.51. The van der Waals surface area contributed by atoms with Crippen LogP contribution in [0.2, 0.25) is 0 Å². The molecule has 0 aliphatic heterocycles. The second-order valence-corrected chi connectivity index (χ2v) is 4.47. The quantitative estimate of drug-likeness (QED) is 0.791. The summed E-state index contributed by atoms with van der Waals surface area (Å²) in [6.45, 7) is 6.27. The van der Waals surface area contributed by atoms with Gasteiger partial charge in [-0.05, 0) is 13.3 Å². The molecule has 0 aliphatic carbocycles. The van der Waals surface area contributed by atoms with Crippen LogP contribution in [-0.2, 0) is 11.2 Å². The largest absolute Gasteiger partial charge is 0.464 e. The summed E-state index contributed by atoms with van der Waals surface area (Å²) in [5.74, 6) is 0.794. The van der Waals surface area contributed by atoms with Gasteiger partial charge in [-0.15, -0.1) is 0 Å². The monoisotopic (exact) mass is 253 g/mol. The van der Waals surface area contributed by atoms with E-state index in [0.717, 1.165) is 31.5 Å². The number of hydrogen-bond donors (Lipinski definition) is 1. The van der Waals surface area contributed by atoms with E-state index in [9.17, 15) is 4.79 Å². The molecule has 18 heavy (non-hydrogen) atoms. The molecule has 0 fully saturated rings. The van der Waals surface area contributed by atoms with Crippen LogP contribution < -0.4 is 5.73 Å². The molecular formula is C13H23N3O2. The Kier molecular flexibility index (Phi) is 5.19. The van der Waals surface area contributed by atoms with Gasteiger partial charge >= 0.3 is 5.97 Å². The minimum atomic E-state index is -0.469. The number of aryl methyl sites for hydroxylation is 1. The number of methoxy groups -OCH3 is 1. The first-order valence-corrected chi connectivity index (χ1v) is 6.51. The van der Waals surface area contributed by atoms with Crippen molar-refractivity contribution in [3.63, 3.8) is 0 Å². The molecule has 0 saturated heterocycles. The smallest absolute Gasteiger partial charge is 0.360 e. The van der Waals surface area contributed by atoms with Gasteiger partial charge in [-0.25, -0.2) is 9.78 Å². The molecule has 1 rings (SSSR count). The Balaban J connectivity index is 3.09. The Bertz CT molecular complexity index is 413. The van der Waals surface area contributed by atoms with Gasteiger partial charge in [0.25, 0.3) is 0 Å². The van der Waals surface area contributed by atoms with E-state index >= 15 is 0 Å². The van der Waals surface area contributed by atoms with Crippen LogP contribution in [-0.4, -0.2) is 22.6 Å². The van der Waals surface area contributed by atoms with Gasteiger partial charge in [0.15, 0.2) is 5.69 Å². The van der Waals surface area contributed by atoms with Gasteiger partial charge in [-0.2, -0.15) is 0 Å². The number of rotatable bonds is 6. The second-order valence-electron chi connectivity index (χ2n) is 4.47. The molecule has 0 saturated carbocycles. The predicted octanol–water partition coefficient (Wildman–Crippen LogP) is 2.57. The van der Waals surface area contributed by atoms with Crippen molar-refractivity contribution in [1.29, 1.82) is 0 Å². The molecule has 1 aromatic rings. The fraction of sp³-hybridized carbons (Fsp3) is 0.692. The maximum Gasteiger partial charge on any atom is 0.360 e. The molecule has 102 valence electrons. The van der Waals surface area contributed by atoms with Crippen molar-refractivity contribution in [2.45, 2.75) is 52.5 Å². The number of nitrogens with two attached hydrogens (primary N) is 1. The van der Waals surface area contributed by atoms with Crippen molar-refractivity contribution >= 4 is 11.8 Å². The fourth-order valence-electron chi connectivity index (χ4n) is 2.11. The molecular weight excluding hydrogens is 230 g/mol. The van der Waals surface area contributed by atoms with Gasteiger partial charge < -0.3 is 15.0 Å². The van der Waals surface area contributed by atoms with E-state index in [1.165, 1.54) is 7.11 Å². The Hall–Kier alpha value is -1.52. The number of esters is 1. The molecule has 1 unspecified atom stereocenters. The van der Waals surface area contributed by atoms with E-state index in [1.54, 1.807) is 0 Å². The molecule has 0 spiro atoms. The van der Waals surface area contributed by atoms with Crippen LogP contribution >= 0.6 is 0 Å². The van der Waals surface area contributed by atoms with Crippen molar-refractivity contribution in [3.8, 4) is 0 Å². The first-order chi connectivity index (χ1) is 8.56. The van der Waals surface area contributed by atoms with Gasteiger partial charge in [-0.3, -0.25) is 0 Å². The summed E-state index contributed by atoms with van der Waals surface area (Å²) in [5.41, 5.74) is 6.26. The topological polar surface area (TPSA) is 70.1 Å². The zero-order valence-electron chi connectivity index (χ0n) is 11.7. The average Bonchev–Trinajstić information content (AvgIpc) is 2.72. The van der Waals surface area contributed by atoms with E-state index in [4.69, 9.17) is 10.5 Å². The highest BCUT2D eigenvalue weighted by atomic mass is 16.5. The number of carbonyl (C=O) groups is 1. The van der Waals surface area contributed by atoms with Crippen LogP contribution in [0, 0.1) is 0 Å². The van der Waals surface area contributed by atoms with Crippen LogP contribution in [0.1, 0.15) is 62.4 Å². The van der Waals surface area contributed by atoms with E-state index in [2.05, 4.69) is 18.8 Å². The van der Waals surface area contributed by atoms with Crippen LogP contribution in [0.4, 0.5) is 5.82 Å². The maximum absolute atomic E-state index is 11.6. The molecule has 5 heteroatoms. The number of carbonyl (C=O) groups excluding carboxylic acids is 1. The summed E-state index contributed by atoms with van der Waals surface area (Å²) >= 11 is 0. The summed E-state index contributed by atoms with van der Waals surface area (Å²) in [6, 6.07) is 0.255. The zero-order valence-corrected chi connectivity index (χ0v) is 11.7. The predicted molar refractivity (Wildman–Crippen MR) is 71.6 cm³/mol. The summed E-state index contributed by atoms with van der Waals surface area (Å²) in [6.07, 6.45) is 4.06. The number of unbranched alkanes of at least 4 members (excludes halogenated alkanes) is 1. The summed E-state index contributed by atoms with van der Waals surface area (Å²) in [7, 11) is 1.34. The Morgan fingerprint density at radius 3 is 2.67 bits per heavy atom. The number of aromatic nitrogens is 2. The lowest BCUT2D eigenvalue weighted by molar-refractivity contribution is 0.0595. The highest BCUT2D eigenvalue weighted by Crippen LogP contribution is 2.24. The maximum atomic E-state index is 11.6. The minimum absolute atomic E-state index is 0.234. The van der Waals surface area contributed by atoms with Gasteiger partial charge in [-0.1, -0.05) is 26.7 Å². The molecule has 0 amide bonds. The SMILES string of the molecule is CCCCC(C)n1c(CC)nc(C(=O)OC)c1N. The third kappa shape index (κ3) is 2.83. The molecule has 0 radical (unpaired) electrons. The second kappa shape index (κ2) is 6.42. The van der Waals surface area contributed by atoms with Gasteiger partial charge in [0.2, 0.25) is 0 Å². The van der Waals surface area contributed by atoms with Crippen molar-refractivity contribution in [2.24, 2.45) is 0 Å². The molecule has 0 aliphatic rings. The normalized spacial score (nSPS) is 12.4. The van der Waals surface area contributed by atoms with Gasteiger partial charge in [0, 0.05) is 12.5 Å². The lowest BCUT2D eigenvalue weighted by atomic mass is 10.1. The third-order valence-corrected chi connectivity index (χ3v) is 3.13. The van der Waals surface area contributed by atoms with Crippen LogP contribution in [0.15, 0.2) is 0 Å². The van der Waals surface area contributed by atoms with Gasteiger partial charge in [0.05, 0.1) is 7.11 Å². The van der Waals surface area contributed by atoms with Crippen molar-refractivity contribution in [2.75, 3.05) is 12.8 Å². The number of ether oxygens (including phenoxy) is 1. The first kappa shape index (κ1) is 14.5. The average molecular weight is 253 g/mol. The van der Waals surface area contributed by atoms with E-state index in [1.807, 2.05) is 11.5 Å². The lowest BCUT2D eigenvalue weighted by Gasteiger charge is -2.17. The van der Waals surface area contributed by atoms with Gasteiger partial charge in [0.1, 0.15) is 11.6 Å². The summed E-state index contributed by atoms with van der Waals surface area (Å²) < 4.78 is 6.66. The van der Waals surface area contributed by atoms with E-state index in [0.29, 0.717) is 5.82 Å². The van der Waals surface area contributed by atoms with Crippen molar-refractivity contribution < 1.29 is 9.53 Å². The number of nitrogen functional groups attached to an aromatic ring is 1. The lowest BCUT2D eigenvalue weighted by Crippen LogP contribution is -2.13. The van der Waals surface area contributed by atoms with Crippen molar-refractivity contribution in [3.05, 3.63) is 11.5 Å². The van der Waals surface area contributed by atoms with Crippen LogP contribution in [0.5, 0.6) is 0 Å². The fourth-order valence-corrected chi connectivity index (χ4v) is 2.11. The van der Waals surface area contributed by atoms with E-state index < -0.39 is 5.97 Å². The van der Waals surface area contributed by atoms with Crippen LogP contribution in [0.25, 0.3) is 0 Å². The summed E-state index contributed by atoms with van der Waals surface area (Å²) in [5, 5.41) is 0. The number of hydrogen-bond acceptors (Lipinski definition) is 4. The Labute approximate surface area is 108 Å². The Morgan fingerprint density at radius 2 is 2.17 bits per heavy atom.